The average Bonchev–Trinajstić information content (AvgIpc) is 2.80. The van der Waals surface area contributed by atoms with Gasteiger partial charge in [-0.2, -0.15) is 0 Å². The molecule has 1 heterocycles. The van der Waals surface area contributed by atoms with Crippen LogP contribution in [0.1, 0.15) is 26.2 Å². The molecule has 1 saturated carbocycles. The number of carbonyl (C=O) groups is 1. The van der Waals surface area contributed by atoms with Crippen LogP contribution in [0.5, 0.6) is 0 Å². The molecule has 0 aromatic rings. The predicted octanol–water partition coefficient (Wildman–Crippen LogP) is 2.23. The average molecular weight is 246 g/mol. The van der Waals surface area contributed by atoms with Crippen LogP contribution in [-0.4, -0.2) is 24.8 Å². The van der Waals surface area contributed by atoms with Gasteiger partial charge in [-0.05, 0) is 31.8 Å². The van der Waals surface area contributed by atoms with E-state index in [9.17, 15) is 4.79 Å². The molecule has 96 valence electrons. The summed E-state index contributed by atoms with van der Waals surface area (Å²) in [4.78, 5) is 12.2. The van der Waals surface area contributed by atoms with Crippen LogP contribution in [0, 0.1) is 17.3 Å². The van der Waals surface area contributed by atoms with Gasteiger partial charge < -0.3 is 9.47 Å². The van der Waals surface area contributed by atoms with Gasteiger partial charge in [0.1, 0.15) is 0 Å². The normalized spacial score (nSPS) is 44.3. The summed E-state index contributed by atoms with van der Waals surface area (Å²) in [5, 5.41) is 0. The molecule has 2 fully saturated rings. The van der Waals surface area contributed by atoms with Crippen LogP contribution < -0.4 is 0 Å². The number of rotatable bonds is 0. The lowest BCUT2D eigenvalue weighted by Crippen LogP contribution is -2.62. The van der Waals surface area contributed by atoms with Crippen LogP contribution in [0.3, 0.4) is 0 Å². The molecule has 3 nitrogen and oxygen atoms in total. The molecule has 2 spiro atoms. The van der Waals surface area contributed by atoms with Crippen molar-refractivity contribution >= 4 is 5.78 Å². The van der Waals surface area contributed by atoms with Crippen molar-refractivity contribution in [2.75, 3.05) is 13.2 Å². The molecule has 5 aliphatic rings. The van der Waals surface area contributed by atoms with Gasteiger partial charge in [-0.1, -0.05) is 17.7 Å². The van der Waals surface area contributed by atoms with Gasteiger partial charge in [0.15, 0.2) is 11.6 Å². The van der Waals surface area contributed by atoms with Gasteiger partial charge in [0, 0.05) is 12.3 Å². The van der Waals surface area contributed by atoms with Crippen LogP contribution in [-0.2, 0) is 14.3 Å². The Morgan fingerprint density at radius 3 is 2.89 bits per heavy atom. The summed E-state index contributed by atoms with van der Waals surface area (Å²) in [6.45, 7) is 3.51. The van der Waals surface area contributed by atoms with Gasteiger partial charge in [-0.25, -0.2) is 0 Å². The molecule has 1 aliphatic heterocycles. The lowest BCUT2D eigenvalue weighted by Gasteiger charge is -2.59. The fraction of sp³-hybridized carbons (Fsp3) is 0.667. The molecule has 4 aliphatic carbocycles. The van der Waals surface area contributed by atoms with E-state index in [0.29, 0.717) is 19.1 Å². The number of hydrogen-bond acceptors (Lipinski definition) is 3. The summed E-state index contributed by atoms with van der Waals surface area (Å²) < 4.78 is 12.0. The first kappa shape index (κ1) is 10.9. The second kappa shape index (κ2) is 3.34. The predicted molar refractivity (Wildman–Crippen MR) is 65.8 cm³/mol. The Morgan fingerprint density at radius 2 is 2.11 bits per heavy atom. The highest BCUT2D eigenvalue weighted by molar-refractivity contribution is 5.94. The number of hydrogen-bond donors (Lipinski definition) is 0. The molecule has 0 unspecified atom stereocenters. The third kappa shape index (κ3) is 1.10. The highest BCUT2D eigenvalue weighted by Crippen LogP contribution is 2.63. The SMILES string of the molecule is CC1=C[C@@]23CC=CC(=O)[C@H]2C[C@@H]1CC31OCCO1. The van der Waals surface area contributed by atoms with E-state index in [4.69, 9.17) is 9.47 Å². The largest absolute Gasteiger partial charge is 0.347 e. The van der Waals surface area contributed by atoms with E-state index >= 15 is 0 Å². The highest BCUT2D eigenvalue weighted by atomic mass is 16.7. The number of allylic oxidation sites excluding steroid dienone is 3. The minimum absolute atomic E-state index is 0.0584. The first-order chi connectivity index (χ1) is 8.67. The first-order valence-corrected chi connectivity index (χ1v) is 6.85. The lowest BCUT2D eigenvalue weighted by molar-refractivity contribution is -0.266. The van der Waals surface area contributed by atoms with E-state index in [-0.39, 0.29) is 17.1 Å². The Morgan fingerprint density at radius 1 is 1.33 bits per heavy atom. The van der Waals surface area contributed by atoms with Crippen molar-refractivity contribution in [3.8, 4) is 0 Å². The summed E-state index contributed by atoms with van der Waals surface area (Å²) in [7, 11) is 0. The highest BCUT2D eigenvalue weighted by Gasteiger charge is 2.66. The van der Waals surface area contributed by atoms with Crippen molar-refractivity contribution in [1.29, 1.82) is 0 Å². The third-order valence-corrected chi connectivity index (χ3v) is 5.33. The van der Waals surface area contributed by atoms with Crippen molar-refractivity contribution in [1.82, 2.24) is 0 Å². The molecule has 5 rings (SSSR count). The van der Waals surface area contributed by atoms with E-state index in [1.165, 1.54) is 5.57 Å². The topological polar surface area (TPSA) is 35.5 Å². The quantitative estimate of drug-likeness (QED) is 0.615. The van der Waals surface area contributed by atoms with Crippen molar-refractivity contribution < 1.29 is 14.3 Å². The molecular formula is C15H18O3. The summed E-state index contributed by atoms with van der Waals surface area (Å²) in [5.74, 6) is 0.238. The van der Waals surface area contributed by atoms with E-state index in [0.717, 1.165) is 19.3 Å². The monoisotopic (exact) mass is 246 g/mol. The summed E-state index contributed by atoms with van der Waals surface area (Å²) >= 11 is 0. The van der Waals surface area contributed by atoms with Gasteiger partial charge in [0.05, 0.1) is 18.6 Å². The molecule has 0 N–H and O–H groups in total. The summed E-state index contributed by atoms with van der Waals surface area (Å²) in [6.07, 6.45) is 8.81. The second-order valence-electron chi connectivity index (χ2n) is 6.08. The van der Waals surface area contributed by atoms with Crippen LogP contribution in [0.4, 0.5) is 0 Å². The van der Waals surface area contributed by atoms with E-state index in [1.54, 1.807) is 6.08 Å². The zero-order chi connectivity index (χ0) is 12.4. The number of carbonyl (C=O) groups excluding carboxylic acids is 1. The molecular weight excluding hydrogens is 228 g/mol. The van der Waals surface area contributed by atoms with Crippen molar-refractivity contribution in [2.45, 2.75) is 32.0 Å². The van der Waals surface area contributed by atoms with Gasteiger partial charge >= 0.3 is 0 Å². The molecule has 0 radical (unpaired) electrons. The van der Waals surface area contributed by atoms with E-state index in [2.05, 4.69) is 13.0 Å². The second-order valence-corrected chi connectivity index (χ2v) is 6.08. The van der Waals surface area contributed by atoms with Gasteiger partial charge in [0.2, 0.25) is 0 Å². The van der Waals surface area contributed by atoms with Crippen molar-refractivity contribution in [3.63, 3.8) is 0 Å². The summed E-state index contributed by atoms with van der Waals surface area (Å²) in [6, 6.07) is 0. The third-order valence-electron chi connectivity index (χ3n) is 5.33. The maximum Gasteiger partial charge on any atom is 0.179 e. The Hall–Kier alpha value is -0.930. The first-order valence-electron chi connectivity index (χ1n) is 6.85. The van der Waals surface area contributed by atoms with Crippen LogP contribution in [0.2, 0.25) is 0 Å². The smallest absolute Gasteiger partial charge is 0.179 e. The van der Waals surface area contributed by atoms with Crippen molar-refractivity contribution in [3.05, 3.63) is 23.8 Å². The molecule has 0 aromatic carbocycles. The standard InChI is InChI=1S/C15H18O3/c1-10-8-14-4-2-3-13(16)12(14)7-11(10)9-15(14)17-5-6-18-15/h2-3,8,11-12H,4-7,9H2,1H3/t11-,12-,14+/m1/s1. The Balaban J connectivity index is 1.91. The minimum atomic E-state index is -0.527. The Kier molecular flexibility index (Phi) is 2.03. The lowest BCUT2D eigenvalue weighted by atomic mass is 9.50. The van der Waals surface area contributed by atoms with Crippen LogP contribution >= 0.6 is 0 Å². The Labute approximate surface area is 107 Å². The molecule has 0 amide bonds. The maximum atomic E-state index is 12.2. The van der Waals surface area contributed by atoms with Gasteiger partial charge in [-0.3, -0.25) is 4.79 Å². The minimum Gasteiger partial charge on any atom is -0.347 e. The number of ketones is 1. The van der Waals surface area contributed by atoms with E-state index < -0.39 is 5.79 Å². The number of ether oxygens (including phenoxy) is 2. The van der Waals surface area contributed by atoms with Gasteiger partial charge in [0.25, 0.3) is 0 Å². The maximum absolute atomic E-state index is 12.2. The summed E-state index contributed by atoms with van der Waals surface area (Å²) in [5.41, 5.74) is 1.17. The zero-order valence-corrected chi connectivity index (χ0v) is 10.6. The van der Waals surface area contributed by atoms with Crippen LogP contribution in [0.25, 0.3) is 0 Å². The Bertz CT molecular complexity index is 470. The fourth-order valence-corrected chi connectivity index (χ4v) is 4.49. The molecule has 0 aromatic heterocycles. The van der Waals surface area contributed by atoms with Crippen molar-refractivity contribution in [2.24, 2.45) is 17.3 Å². The molecule has 3 heteroatoms. The molecule has 1 saturated heterocycles. The molecule has 2 bridgehead atoms. The van der Waals surface area contributed by atoms with Crippen LogP contribution in [0.15, 0.2) is 23.8 Å². The fourth-order valence-electron chi connectivity index (χ4n) is 4.49. The van der Waals surface area contributed by atoms with E-state index in [1.807, 2.05) is 6.08 Å². The molecule has 18 heavy (non-hydrogen) atoms. The molecule has 3 atom stereocenters. The zero-order valence-electron chi connectivity index (χ0n) is 10.6. The van der Waals surface area contributed by atoms with Gasteiger partial charge in [-0.15, -0.1) is 0 Å².